The Balaban J connectivity index is 1.23. The molecule has 7 nitrogen and oxygen atoms in total. The van der Waals surface area contributed by atoms with Gasteiger partial charge in [-0.05, 0) is 68.4 Å². The van der Waals surface area contributed by atoms with E-state index in [-0.39, 0.29) is 24.1 Å². The minimum atomic E-state index is -0.552. The lowest BCUT2D eigenvalue weighted by Crippen LogP contribution is -2.52. The number of amides is 3. The van der Waals surface area contributed by atoms with Crippen LogP contribution in [-0.4, -0.2) is 48.3 Å². The summed E-state index contributed by atoms with van der Waals surface area (Å²) in [6.07, 6.45) is 7.07. The highest BCUT2D eigenvalue weighted by Crippen LogP contribution is 2.28. The summed E-state index contributed by atoms with van der Waals surface area (Å²) in [5, 5.41) is 9.26. The molecule has 2 fully saturated rings. The van der Waals surface area contributed by atoms with Gasteiger partial charge in [0, 0.05) is 25.1 Å². The van der Waals surface area contributed by atoms with Crippen molar-refractivity contribution in [1.82, 2.24) is 20.9 Å². The monoisotopic (exact) mass is 412 g/mol. The first-order valence-electron chi connectivity index (χ1n) is 11.3. The average Bonchev–Trinajstić information content (AvgIpc) is 3.07. The van der Waals surface area contributed by atoms with Crippen LogP contribution in [0.15, 0.2) is 18.2 Å². The smallest absolute Gasteiger partial charge is 0.255 e. The Morgan fingerprint density at radius 2 is 1.90 bits per heavy atom. The van der Waals surface area contributed by atoms with Crippen LogP contribution in [0.2, 0.25) is 0 Å². The normalized spacial score (nSPS) is 22.3. The molecule has 7 heteroatoms. The molecule has 4 rings (SSSR count). The molecule has 0 bridgehead atoms. The zero-order valence-electron chi connectivity index (χ0n) is 17.5. The van der Waals surface area contributed by atoms with Gasteiger partial charge in [0.25, 0.3) is 5.91 Å². The summed E-state index contributed by atoms with van der Waals surface area (Å²) in [4.78, 5) is 38.0. The summed E-state index contributed by atoms with van der Waals surface area (Å²) in [6.45, 7) is 4.50. The van der Waals surface area contributed by atoms with Crippen molar-refractivity contribution < 1.29 is 14.4 Å². The predicted molar refractivity (Wildman–Crippen MR) is 114 cm³/mol. The van der Waals surface area contributed by atoms with Crippen molar-refractivity contribution in [1.29, 1.82) is 0 Å². The Hall–Kier alpha value is -2.25. The number of hydrogen-bond donors (Lipinski definition) is 3. The van der Waals surface area contributed by atoms with E-state index in [1.54, 1.807) is 4.90 Å². The second-order valence-electron chi connectivity index (χ2n) is 8.76. The lowest BCUT2D eigenvalue weighted by atomic mass is 9.92. The third-order valence-electron chi connectivity index (χ3n) is 6.60. The fourth-order valence-corrected chi connectivity index (χ4v) is 4.80. The van der Waals surface area contributed by atoms with Crippen LogP contribution in [0.1, 0.15) is 66.4 Å². The average molecular weight is 413 g/mol. The Morgan fingerprint density at radius 1 is 1.07 bits per heavy atom. The molecule has 0 aliphatic carbocycles. The second-order valence-corrected chi connectivity index (χ2v) is 8.76. The molecule has 3 amide bonds. The van der Waals surface area contributed by atoms with E-state index < -0.39 is 6.04 Å². The highest BCUT2D eigenvalue weighted by atomic mass is 16.2. The summed E-state index contributed by atoms with van der Waals surface area (Å²) >= 11 is 0. The second kappa shape index (κ2) is 9.71. The Morgan fingerprint density at radius 3 is 2.70 bits per heavy atom. The molecular weight excluding hydrogens is 380 g/mol. The molecule has 0 aromatic heterocycles. The standard InChI is InChI=1S/C23H32N4O3/c28-21-7-6-20(22(29)26-21)27-15-18-5-4-17(13-19(18)23(27)30)14-25-10-2-1-3-16-8-11-24-12-9-16/h4-5,13,16,20,24-25H,1-3,6-12,14-15H2,(H,26,28,29). The molecule has 162 valence electrons. The lowest BCUT2D eigenvalue weighted by Gasteiger charge is -2.29. The lowest BCUT2D eigenvalue weighted by molar-refractivity contribution is -0.136. The molecule has 3 aliphatic rings. The minimum absolute atomic E-state index is 0.108. The molecule has 3 heterocycles. The van der Waals surface area contributed by atoms with Crippen molar-refractivity contribution >= 4 is 17.7 Å². The quantitative estimate of drug-likeness (QED) is 0.447. The zero-order valence-corrected chi connectivity index (χ0v) is 17.5. The van der Waals surface area contributed by atoms with E-state index in [1.807, 2.05) is 12.1 Å². The third kappa shape index (κ3) is 4.90. The molecule has 2 saturated heterocycles. The van der Waals surface area contributed by atoms with Crippen molar-refractivity contribution in [3.05, 3.63) is 34.9 Å². The Bertz CT molecular complexity index is 804. The van der Waals surface area contributed by atoms with Gasteiger partial charge < -0.3 is 15.5 Å². The summed E-state index contributed by atoms with van der Waals surface area (Å²) in [7, 11) is 0. The van der Waals surface area contributed by atoms with Gasteiger partial charge >= 0.3 is 0 Å². The summed E-state index contributed by atoms with van der Waals surface area (Å²) < 4.78 is 0. The van der Waals surface area contributed by atoms with Crippen molar-refractivity contribution in [3.63, 3.8) is 0 Å². The Kier molecular flexibility index (Phi) is 6.79. The number of unbranched alkanes of at least 4 members (excludes halogenated alkanes) is 1. The van der Waals surface area contributed by atoms with Crippen LogP contribution >= 0.6 is 0 Å². The number of rotatable bonds is 8. The maximum atomic E-state index is 12.9. The van der Waals surface area contributed by atoms with Gasteiger partial charge in [0.1, 0.15) is 6.04 Å². The topological polar surface area (TPSA) is 90.5 Å². The SMILES string of the molecule is O=C1CCC(N2Cc3ccc(CNCCCCC4CCNCC4)cc3C2=O)C(=O)N1. The van der Waals surface area contributed by atoms with Crippen LogP contribution in [-0.2, 0) is 22.7 Å². The molecular formula is C23H32N4O3. The highest BCUT2D eigenvalue weighted by Gasteiger charge is 2.39. The van der Waals surface area contributed by atoms with E-state index in [4.69, 9.17) is 0 Å². The molecule has 1 atom stereocenters. The van der Waals surface area contributed by atoms with Crippen molar-refractivity contribution in [3.8, 4) is 0 Å². The van der Waals surface area contributed by atoms with Gasteiger partial charge in [0.05, 0.1) is 0 Å². The van der Waals surface area contributed by atoms with E-state index in [0.717, 1.165) is 30.1 Å². The van der Waals surface area contributed by atoms with Gasteiger partial charge in [0.2, 0.25) is 11.8 Å². The molecule has 3 N–H and O–H groups in total. The first-order valence-corrected chi connectivity index (χ1v) is 11.3. The largest absolute Gasteiger partial charge is 0.322 e. The van der Waals surface area contributed by atoms with Crippen LogP contribution in [0.25, 0.3) is 0 Å². The Labute approximate surface area is 178 Å². The fourth-order valence-electron chi connectivity index (χ4n) is 4.80. The van der Waals surface area contributed by atoms with Gasteiger partial charge in [-0.3, -0.25) is 19.7 Å². The summed E-state index contributed by atoms with van der Waals surface area (Å²) in [5.41, 5.74) is 2.73. The number of carbonyl (C=O) groups excluding carboxylic acids is 3. The maximum absolute atomic E-state index is 12.9. The van der Waals surface area contributed by atoms with E-state index in [2.05, 4.69) is 22.0 Å². The fraction of sp³-hybridized carbons (Fsp3) is 0.609. The number of nitrogens with zero attached hydrogens (tertiary/aromatic N) is 1. The number of hydrogen-bond acceptors (Lipinski definition) is 5. The number of benzene rings is 1. The summed E-state index contributed by atoms with van der Waals surface area (Å²) in [5.74, 6) is 0.160. The van der Waals surface area contributed by atoms with Crippen molar-refractivity contribution in [2.24, 2.45) is 5.92 Å². The number of piperidine rings is 2. The first-order chi connectivity index (χ1) is 14.6. The van der Waals surface area contributed by atoms with Gasteiger partial charge in [0.15, 0.2) is 0 Å². The van der Waals surface area contributed by atoms with Crippen LogP contribution in [0, 0.1) is 5.92 Å². The van der Waals surface area contributed by atoms with Crippen LogP contribution in [0.5, 0.6) is 0 Å². The van der Waals surface area contributed by atoms with Crippen LogP contribution < -0.4 is 16.0 Å². The molecule has 3 aliphatic heterocycles. The van der Waals surface area contributed by atoms with E-state index in [1.165, 1.54) is 45.2 Å². The van der Waals surface area contributed by atoms with Gasteiger partial charge in [-0.1, -0.05) is 25.0 Å². The highest BCUT2D eigenvalue weighted by molar-refractivity contribution is 6.05. The molecule has 0 spiro atoms. The predicted octanol–water partition coefficient (Wildman–Crippen LogP) is 1.71. The molecule has 1 aromatic carbocycles. The number of imide groups is 1. The first kappa shape index (κ1) is 21.0. The minimum Gasteiger partial charge on any atom is -0.322 e. The van der Waals surface area contributed by atoms with Crippen LogP contribution in [0.4, 0.5) is 0 Å². The van der Waals surface area contributed by atoms with Gasteiger partial charge in [-0.25, -0.2) is 0 Å². The number of fused-ring (bicyclic) bond motifs is 1. The molecule has 0 saturated carbocycles. The van der Waals surface area contributed by atoms with E-state index in [0.29, 0.717) is 18.5 Å². The maximum Gasteiger partial charge on any atom is 0.255 e. The molecule has 1 unspecified atom stereocenters. The zero-order chi connectivity index (χ0) is 20.9. The molecule has 1 aromatic rings. The van der Waals surface area contributed by atoms with E-state index in [9.17, 15) is 14.4 Å². The number of carbonyl (C=O) groups is 3. The van der Waals surface area contributed by atoms with Crippen molar-refractivity contribution in [2.45, 2.75) is 64.1 Å². The van der Waals surface area contributed by atoms with Crippen LogP contribution in [0.3, 0.4) is 0 Å². The molecule has 30 heavy (non-hydrogen) atoms. The van der Waals surface area contributed by atoms with Gasteiger partial charge in [-0.2, -0.15) is 0 Å². The van der Waals surface area contributed by atoms with Gasteiger partial charge in [-0.15, -0.1) is 0 Å². The summed E-state index contributed by atoms with van der Waals surface area (Å²) in [6, 6.07) is 5.45. The number of nitrogens with one attached hydrogen (secondary N) is 3. The van der Waals surface area contributed by atoms with Crippen molar-refractivity contribution in [2.75, 3.05) is 19.6 Å². The van der Waals surface area contributed by atoms with E-state index >= 15 is 0 Å². The third-order valence-corrected chi connectivity index (χ3v) is 6.60. The molecule has 0 radical (unpaired) electrons.